The van der Waals surface area contributed by atoms with Crippen LogP contribution in [0.15, 0.2) is 109 Å². The molecule has 0 fully saturated rings. The molecule has 0 aliphatic rings. The Labute approximate surface area is 202 Å². The first-order valence-corrected chi connectivity index (χ1v) is 13.4. The molecule has 182 valence electrons. The quantitative estimate of drug-likeness (QED) is 0.228. The van der Waals surface area contributed by atoms with Gasteiger partial charge in [-0.2, -0.15) is 13.2 Å². The van der Waals surface area contributed by atoms with E-state index in [0.29, 0.717) is 0 Å². The maximum Gasteiger partial charge on any atom is 0.485 e. The summed E-state index contributed by atoms with van der Waals surface area (Å²) < 4.78 is 64.7. The highest BCUT2D eigenvalue weighted by atomic mass is 32.2. The molecule has 1 heterocycles. The molecular formula is C25H21F3NO4PS. The number of nitrogens with zero attached hydrogens (tertiary/aromatic N) is 1. The number of hydrogen-bond donors (Lipinski definition) is 0. The highest BCUT2D eigenvalue weighted by molar-refractivity contribution is 8.01. The molecule has 1 aromatic heterocycles. The van der Waals surface area contributed by atoms with Gasteiger partial charge in [0.15, 0.2) is 21.2 Å². The number of hydrogen-bond acceptors (Lipinski definition) is 5. The fourth-order valence-corrected chi connectivity index (χ4v) is 7.98. The SMILES string of the molecule is COc1cnccc1[P+](c1ccccc1)(c1ccccc1)c1ccccc1.O=S(=O)([O-])C(F)(F)F. The molecule has 5 nitrogen and oxygen atoms in total. The van der Waals surface area contributed by atoms with Crippen molar-refractivity contribution in [3.63, 3.8) is 0 Å². The van der Waals surface area contributed by atoms with Crippen LogP contribution in [0, 0.1) is 0 Å². The van der Waals surface area contributed by atoms with E-state index in [0.717, 1.165) is 5.75 Å². The van der Waals surface area contributed by atoms with E-state index in [1.54, 1.807) is 7.11 Å². The van der Waals surface area contributed by atoms with E-state index >= 15 is 0 Å². The summed E-state index contributed by atoms with van der Waals surface area (Å²) >= 11 is 0. The number of benzene rings is 3. The Hall–Kier alpha value is -3.26. The maximum atomic E-state index is 10.7. The molecular weight excluding hydrogens is 498 g/mol. The molecule has 0 radical (unpaired) electrons. The molecule has 0 saturated heterocycles. The van der Waals surface area contributed by atoms with Crippen LogP contribution >= 0.6 is 7.26 Å². The van der Waals surface area contributed by atoms with E-state index in [2.05, 4.69) is 102 Å². The highest BCUT2D eigenvalue weighted by Gasteiger charge is 2.49. The number of halogens is 3. The summed E-state index contributed by atoms with van der Waals surface area (Å²) in [7, 11) is -6.50. The third-order valence-corrected chi connectivity index (χ3v) is 9.94. The van der Waals surface area contributed by atoms with Crippen molar-refractivity contribution in [1.29, 1.82) is 0 Å². The fraction of sp³-hybridized carbons (Fsp3) is 0.0800. The number of ether oxygens (including phenoxy) is 1. The molecule has 0 aliphatic carbocycles. The Balaban J connectivity index is 0.000000371. The van der Waals surface area contributed by atoms with Gasteiger partial charge in [0.25, 0.3) is 0 Å². The number of methoxy groups -OCH3 is 1. The molecule has 0 N–H and O–H groups in total. The predicted octanol–water partition coefficient (Wildman–Crippen LogP) is 3.76. The molecule has 0 bridgehead atoms. The van der Waals surface area contributed by atoms with Crippen molar-refractivity contribution in [3.8, 4) is 5.75 Å². The summed E-state index contributed by atoms with van der Waals surface area (Å²) in [4.78, 5) is 4.30. The Morgan fingerprint density at radius 1 is 0.771 bits per heavy atom. The minimum absolute atomic E-state index is 0.822. The summed E-state index contributed by atoms with van der Waals surface area (Å²) in [6, 6.07) is 34.4. The van der Waals surface area contributed by atoms with Crippen LogP contribution in [0.3, 0.4) is 0 Å². The molecule has 4 aromatic rings. The molecule has 4 rings (SSSR count). The first-order valence-electron chi connectivity index (χ1n) is 10.2. The van der Waals surface area contributed by atoms with Crippen molar-refractivity contribution >= 4 is 38.6 Å². The second-order valence-electron chi connectivity index (χ2n) is 7.12. The molecule has 10 heteroatoms. The van der Waals surface area contributed by atoms with Gasteiger partial charge in [-0.1, -0.05) is 54.6 Å². The number of alkyl halides is 3. The summed E-state index contributed by atoms with van der Waals surface area (Å²) in [5.41, 5.74) is -5.65. The molecule has 0 spiro atoms. The van der Waals surface area contributed by atoms with Gasteiger partial charge in [0.05, 0.1) is 13.3 Å². The van der Waals surface area contributed by atoms with E-state index in [1.165, 1.54) is 21.2 Å². The van der Waals surface area contributed by atoms with Gasteiger partial charge in [0, 0.05) is 12.3 Å². The average Bonchev–Trinajstić information content (AvgIpc) is 2.86. The van der Waals surface area contributed by atoms with Crippen molar-refractivity contribution in [2.45, 2.75) is 5.51 Å². The Kier molecular flexibility index (Phi) is 8.27. The van der Waals surface area contributed by atoms with Crippen LogP contribution in [0.2, 0.25) is 0 Å². The third-order valence-electron chi connectivity index (χ3n) is 5.06. The van der Waals surface area contributed by atoms with Gasteiger partial charge in [-0.05, 0) is 36.4 Å². The zero-order valence-corrected chi connectivity index (χ0v) is 20.2. The van der Waals surface area contributed by atoms with E-state index in [-0.39, 0.29) is 0 Å². The van der Waals surface area contributed by atoms with Crippen LogP contribution in [-0.4, -0.2) is 30.6 Å². The van der Waals surface area contributed by atoms with Gasteiger partial charge in [-0.25, -0.2) is 8.42 Å². The van der Waals surface area contributed by atoms with Crippen LogP contribution in [0.5, 0.6) is 5.75 Å². The minimum atomic E-state index is -6.09. The molecule has 0 unspecified atom stereocenters. The second kappa shape index (κ2) is 11.0. The number of aromatic nitrogens is 1. The largest absolute Gasteiger partial charge is 0.741 e. The Bertz CT molecular complexity index is 1240. The molecule has 0 atom stereocenters. The lowest BCUT2D eigenvalue weighted by molar-refractivity contribution is -0.0517. The second-order valence-corrected chi connectivity index (χ2v) is 11.9. The zero-order valence-electron chi connectivity index (χ0n) is 18.5. The van der Waals surface area contributed by atoms with Crippen molar-refractivity contribution in [2.75, 3.05) is 7.11 Å². The topological polar surface area (TPSA) is 79.3 Å². The smallest absolute Gasteiger partial charge is 0.485 e. The van der Waals surface area contributed by atoms with Crippen molar-refractivity contribution in [1.82, 2.24) is 4.98 Å². The summed E-state index contributed by atoms with van der Waals surface area (Å²) in [5.74, 6) is 0.822. The highest BCUT2D eigenvalue weighted by Crippen LogP contribution is 2.55. The van der Waals surface area contributed by atoms with Gasteiger partial charge in [0.2, 0.25) is 0 Å². The third kappa shape index (κ3) is 5.70. The van der Waals surface area contributed by atoms with Crippen LogP contribution in [0.4, 0.5) is 13.2 Å². The monoisotopic (exact) mass is 519 g/mol. The van der Waals surface area contributed by atoms with E-state index in [4.69, 9.17) is 17.7 Å². The Morgan fingerprint density at radius 2 is 1.14 bits per heavy atom. The van der Waals surface area contributed by atoms with Gasteiger partial charge in [-0.3, -0.25) is 4.98 Å². The molecule has 0 amide bonds. The summed E-state index contributed by atoms with van der Waals surface area (Å²) in [5, 5.41) is 5.08. The summed E-state index contributed by atoms with van der Waals surface area (Å²) in [6.45, 7) is 0. The fourth-order valence-electron chi connectivity index (χ4n) is 3.63. The van der Waals surface area contributed by atoms with Gasteiger partial charge in [-0.15, -0.1) is 0 Å². The average molecular weight is 519 g/mol. The Morgan fingerprint density at radius 3 is 1.46 bits per heavy atom. The van der Waals surface area contributed by atoms with Crippen molar-refractivity contribution in [2.24, 2.45) is 0 Å². The van der Waals surface area contributed by atoms with E-state index < -0.39 is 22.9 Å². The predicted molar refractivity (Wildman–Crippen MR) is 131 cm³/mol. The van der Waals surface area contributed by atoms with E-state index in [1.807, 2.05) is 12.4 Å². The number of pyridine rings is 1. The van der Waals surface area contributed by atoms with E-state index in [9.17, 15) is 13.2 Å². The van der Waals surface area contributed by atoms with Crippen LogP contribution in [0.25, 0.3) is 0 Å². The van der Waals surface area contributed by atoms with Crippen molar-refractivity contribution < 1.29 is 30.9 Å². The van der Waals surface area contributed by atoms with Crippen LogP contribution in [0.1, 0.15) is 0 Å². The molecule has 3 aromatic carbocycles. The standard InChI is InChI=1S/C24H21NOP.CHF3O3S/c1-26-23-19-25-18-17-24(23)27(20-11-5-2-6-12-20,21-13-7-3-8-14-21)22-15-9-4-10-16-22;2-1(3,4)8(5,6)7/h2-19H,1H3;(H,5,6,7)/q+1;/p-1. The first kappa shape index (κ1) is 26.3. The summed E-state index contributed by atoms with van der Waals surface area (Å²) in [6.07, 6.45) is 3.68. The van der Waals surface area contributed by atoms with Gasteiger partial charge in [0.1, 0.15) is 23.2 Å². The molecule has 0 saturated carbocycles. The maximum absolute atomic E-state index is 10.7. The lowest BCUT2D eigenvalue weighted by Crippen LogP contribution is -2.39. The lowest BCUT2D eigenvalue weighted by atomic mass is 10.3. The number of rotatable bonds is 5. The lowest BCUT2D eigenvalue weighted by Gasteiger charge is -2.28. The van der Waals surface area contributed by atoms with Gasteiger partial charge >= 0.3 is 5.51 Å². The van der Waals surface area contributed by atoms with Crippen LogP contribution in [-0.2, 0) is 10.1 Å². The minimum Gasteiger partial charge on any atom is -0.741 e. The molecule has 35 heavy (non-hydrogen) atoms. The first-order chi connectivity index (χ1) is 16.6. The zero-order chi connectivity index (χ0) is 25.5. The van der Waals surface area contributed by atoms with Gasteiger partial charge < -0.3 is 9.29 Å². The van der Waals surface area contributed by atoms with Crippen molar-refractivity contribution in [3.05, 3.63) is 109 Å². The molecule has 0 aliphatic heterocycles. The van der Waals surface area contributed by atoms with Crippen LogP contribution < -0.4 is 26.0 Å². The normalized spacial score (nSPS) is 11.8.